The van der Waals surface area contributed by atoms with E-state index in [4.69, 9.17) is 5.73 Å². The zero-order valence-electron chi connectivity index (χ0n) is 9.52. The molecule has 2 atom stereocenters. The van der Waals surface area contributed by atoms with E-state index in [1.54, 1.807) is 0 Å². The molecule has 2 amide bonds. The molecule has 0 spiro atoms. The SMILES string of the molecule is NC(=O)CC(=O)N1C[C@@H]2CCC[C@@]2(C(=O)O)C1. The van der Waals surface area contributed by atoms with Gasteiger partial charge in [-0.15, -0.1) is 0 Å². The van der Waals surface area contributed by atoms with Crippen molar-refractivity contribution < 1.29 is 19.5 Å². The Balaban J connectivity index is 2.10. The number of carbonyl (C=O) groups excluding carboxylic acids is 2. The minimum absolute atomic E-state index is 0.0248. The summed E-state index contributed by atoms with van der Waals surface area (Å²) in [7, 11) is 0. The van der Waals surface area contributed by atoms with Crippen LogP contribution in [0.25, 0.3) is 0 Å². The molecule has 0 bridgehead atoms. The minimum atomic E-state index is -0.825. The Labute approximate surface area is 98.8 Å². The molecule has 3 N–H and O–H groups in total. The molecule has 0 aromatic rings. The molecule has 1 aliphatic carbocycles. The zero-order valence-corrected chi connectivity index (χ0v) is 9.52. The van der Waals surface area contributed by atoms with E-state index in [1.165, 1.54) is 4.90 Å². The first-order chi connectivity index (χ1) is 7.95. The molecule has 2 rings (SSSR count). The lowest BCUT2D eigenvalue weighted by molar-refractivity contribution is -0.149. The molecular weight excluding hydrogens is 224 g/mol. The number of hydrogen-bond acceptors (Lipinski definition) is 3. The maximum atomic E-state index is 11.7. The third kappa shape index (κ3) is 1.87. The number of primary amides is 1. The molecule has 0 radical (unpaired) electrons. The van der Waals surface area contributed by atoms with Gasteiger partial charge >= 0.3 is 5.97 Å². The summed E-state index contributed by atoms with van der Waals surface area (Å²) in [6.07, 6.45) is 2.03. The van der Waals surface area contributed by atoms with Crippen LogP contribution >= 0.6 is 0 Å². The Morgan fingerprint density at radius 3 is 2.65 bits per heavy atom. The fourth-order valence-corrected chi connectivity index (χ4v) is 3.09. The summed E-state index contributed by atoms with van der Waals surface area (Å²) >= 11 is 0. The number of amides is 2. The maximum Gasteiger partial charge on any atom is 0.311 e. The van der Waals surface area contributed by atoms with Crippen LogP contribution in [0.3, 0.4) is 0 Å². The fourth-order valence-electron chi connectivity index (χ4n) is 3.09. The molecule has 0 aromatic carbocycles. The topological polar surface area (TPSA) is 101 Å². The molecule has 2 aliphatic rings. The second kappa shape index (κ2) is 4.01. The van der Waals surface area contributed by atoms with E-state index < -0.39 is 17.3 Å². The highest BCUT2D eigenvalue weighted by atomic mass is 16.4. The molecule has 2 fully saturated rings. The number of carbonyl (C=O) groups is 3. The molecule has 0 aromatic heterocycles. The Morgan fingerprint density at radius 1 is 1.41 bits per heavy atom. The Hall–Kier alpha value is -1.59. The van der Waals surface area contributed by atoms with E-state index in [9.17, 15) is 19.5 Å². The van der Waals surface area contributed by atoms with Crippen LogP contribution in [0, 0.1) is 11.3 Å². The van der Waals surface area contributed by atoms with Crippen molar-refractivity contribution in [3.8, 4) is 0 Å². The van der Waals surface area contributed by atoms with E-state index in [0.717, 1.165) is 12.8 Å². The van der Waals surface area contributed by atoms with Crippen molar-refractivity contribution in [2.75, 3.05) is 13.1 Å². The number of rotatable bonds is 3. The summed E-state index contributed by atoms with van der Waals surface area (Å²) in [5.41, 5.74) is 4.18. The van der Waals surface area contributed by atoms with Gasteiger partial charge in [-0.2, -0.15) is 0 Å². The summed E-state index contributed by atoms with van der Waals surface area (Å²) < 4.78 is 0. The van der Waals surface area contributed by atoms with Crippen molar-refractivity contribution in [3.05, 3.63) is 0 Å². The molecular formula is C11H16N2O4. The second-order valence-corrected chi connectivity index (χ2v) is 4.97. The largest absolute Gasteiger partial charge is 0.481 e. The van der Waals surface area contributed by atoms with Gasteiger partial charge in [-0.05, 0) is 18.8 Å². The van der Waals surface area contributed by atoms with Crippen LogP contribution in [-0.4, -0.2) is 40.9 Å². The molecule has 6 heteroatoms. The number of carboxylic acid groups (broad SMARTS) is 1. The normalized spacial score (nSPS) is 31.3. The van der Waals surface area contributed by atoms with Gasteiger partial charge in [0, 0.05) is 13.1 Å². The van der Waals surface area contributed by atoms with Crippen molar-refractivity contribution in [1.82, 2.24) is 4.90 Å². The third-order valence-electron chi connectivity index (χ3n) is 3.97. The summed E-state index contributed by atoms with van der Waals surface area (Å²) in [4.78, 5) is 35.2. The Bertz CT molecular complexity index is 382. The minimum Gasteiger partial charge on any atom is -0.481 e. The molecule has 1 heterocycles. The van der Waals surface area contributed by atoms with Crippen LogP contribution in [0.1, 0.15) is 25.7 Å². The van der Waals surface area contributed by atoms with Crippen LogP contribution in [0.15, 0.2) is 0 Å². The van der Waals surface area contributed by atoms with E-state index in [-0.39, 0.29) is 24.8 Å². The van der Waals surface area contributed by atoms with Crippen LogP contribution in [-0.2, 0) is 14.4 Å². The van der Waals surface area contributed by atoms with Crippen LogP contribution in [0.5, 0.6) is 0 Å². The number of nitrogens with zero attached hydrogens (tertiary/aromatic N) is 1. The van der Waals surface area contributed by atoms with Gasteiger partial charge in [-0.25, -0.2) is 0 Å². The van der Waals surface area contributed by atoms with Crippen LogP contribution in [0.2, 0.25) is 0 Å². The van der Waals surface area contributed by atoms with Gasteiger partial charge in [0.05, 0.1) is 5.41 Å². The molecule has 0 unspecified atom stereocenters. The first kappa shape index (κ1) is 11.9. The number of likely N-dealkylation sites (tertiary alicyclic amines) is 1. The highest BCUT2D eigenvalue weighted by Gasteiger charge is 2.55. The Kier molecular flexibility index (Phi) is 2.81. The highest BCUT2D eigenvalue weighted by Crippen LogP contribution is 2.48. The molecule has 1 saturated heterocycles. The van der Waals surface area contributed by atoms with Crippen molar-refractivity contribution >= 4 is 17.8 Å². The van der Waals surface area contributed by atoms with Crippen LogP contribution < -0.4 is 5.73 Å². The standard InChI is InChI=1S/C11H16N2O4/c12-8(14)4-9(15)13-5-7-2-1-3-11(7,6-13)10(16)17/h7H,1-6H2,(H2,12,14)(H,16,17)/t7-,11+/m0/s1. The van der Waals surface area contributed by atoms with Crippen molar-refractivity contribution in [1.29, 1.82) is 0 Å². The number of fused-ring (bicyclic) bond motifs is 1. The van der Waals surface area contributed by atoms with E-state index in [2.05, 4.69) is 0 Å². The summed E-state index contributed by atoms with van der Waals surface area (Å²) in [6.45, 7) is 0.664. The predicted octanol–water partition coefficient (Wildman–Crippen LogP) is -0.425. The lowest BCUT2D eigenvalue weighted by atomic mass is 9.81. The summed E-state index contributed by atoms with van der Waals surface area (Å²) in [6, 6.07) is 0. The van der Waals surface area contributed by atoms with Crippen LogP contribution in [0.4, 0.5) is 0 Å². The van der Waals surface area contributed by atoms with Crippen molar-refractivity contribution in [3.63, 3.8) is 0 Å². The number of hydrogen-bond donors (Lipinski definition) is 2. The first-order valence-electron chi connectivity index (χ1n) is 5.75. The molecule has 1 aliphatic heterocycles. The van der Waals surface area contributed by atoms with E-state index in [0.29, 0.717) is 13.0 Å². The second-order valence-electron chi connectivity index (χ2n) is 4.97. The average Bonchev–Trinajstić information content (AvgIpc) is 2.71. The molecule has 94 valence electrons. The summed E-state index contributed by atoms with van der Waals surface area (Å²) in [5, 5.41) is 9.33. The maximum absolute atomic E-state index is 11.7. The highest BCUT2D eigenvalue weighted by molar-refractivity contribution is 5.96. The monoisotopic (exact) mass is 240 g/mol. The third-order valence-corrected chi connectivity index (χ3v) is 3.97. The molecule has 17 heavy (non-hydrogen) atoms. The van der Waals surface area contributed by atoms with Gasteiger partial charge in [-0.1, -0.05) is 6.42 Å². The van der Waals surface area contributed by atoms with Gasteiger partial charge in [0.25, 0.3) is 0 Å². The van der Waals surface area contributed by atoms with E-state index in [1.807, 2.05) is 0 Å². The number of aliphatic carboxylic acids is 1. The molecule has 6 nitrogen and oxygen atoms in total. The lowest BCUT2D eigenvalue weighted by Gasteiger charge is -2.23. The van der Waals surface area contributed by atoms with Gasteiger partial charge in [-0.3, -0.25) is 14.4 Å². The quantitative estimate of drug-likeness (QED) is 0.654. The zero-order chi connectivity index (χ0) is 12.6. The smallest absolute Gasteiger partial charge is 0.311 e. The average molecular weight is 240 g/mol. The fraction of sp³-hybridized carbons (Fsp3) is 0.727. The van der Waals surface area contributed by atoms with Gasteiger partial charge in [0.15, 0.2) is 0 Å². The number of nitrogens with two attached hydrogens (primary N) is 1. The van der Waals surface area contributed by atoms with Gasteiger partial charge in [0.1, 0.15) is 6.42 Å². The van der Waals surface area contributed by atoms with Gasteiger partial charge in [0.2, 0.25) is 11.8 Å². The summed E-state index contributed by atoms with van der Waals surface area (Å²) in [5.74, 6) is -1.82. The van der Waals surface area contributed by atoms with Crippen molar-refractivity contribution in [2.45, 2.75) is 25.7 Å². The number of carboxylic acids is 1. The van der Waals surface area contributed by atoms with Gasteiger partial charge < -0.3 is 15.7 Å². The van der Waals surface area contributed by atoms with E-state index >= 15 is 0 Å². The Morgan fingerprint density at radius 2 is 2.12 bits per heavy atom. The molecule has 1 saturated carbocycles. The lowest BCUT2D eigenvalue weighted by Crippen LogP contribution is -2.38. The predicted molar refractivity (Wildman–Crippen MR) is 57.8 cm³/mol. The van der Waals surface area contributed by atoms with Crippen molar-refractivity contribution in [2.24, 2.45) is 17.1 Å². The first-order valence-corrected chi connectivity index (χ1v) is 5.75.